The highest BCUT2D eigenvalue weighted by molar-refractivity contribution is 9.10. The quantitative estimate of drug-likeness (QED) is 0.685. The van der Waals surface area contributed by atoms with Gasteiger partial charge in [0.1, 0.15) is 6.61 Å². The van der Waals surface area contributed by atoms with Crippen LogP contribution in [-0.4, -0.2) is 22.4 Å². The van der Waals surface area contributed by atoms with Crippen LogP contribution in [0.4, 0.5) is 4.79 Å². The van der Waals surface area contributed by atoms with E-state index < -0.39 is 6.16 Å². The molecule has 0 aliphatic carbocycles. The summed E-state index contributed by atoms with van der Waals surface area (Å²) in [5.41, 5.74) is 2.06. The minimum Gasteiger partial charge on any atom is -0.450 e. The summed E-state index contributed by atoms with van der Waals surface area (Å²) in [4.78, 5) is 10.5. The van der Waals surface area contributed by atoms with E-state index in [9.17, 15) is 4.79 Å². The molecule has 0 aliphatic rings. The molecule has 0 fully saturated rings. The van der Waals surface area contributed by atoms with Crippen molar-refractivity contribution in [1.29, 1.82) is 0 Å². The van der Waals surface area contributed by atoms with Gasteiger partial charge in [-0.05, 0) is 24.3 Å². The summed E-state index contributed by atoms with van der Waals surface area (Å²) < 4.78 is 7.68. The van der Waals surface area contributed by atoms with Crippen molar-refractivity contribution in [3.05, 3.63) is 47.1 Å². The zero-order valence-corrected chi connectivity index (χ0v) is 12.1. The Morgan fingerprint density at radius 2 is 2.32 bits per heavy atom. The monoisotopic (exact) mass is 323 g/mol. The molecule has 100 valence electrons. The number of carbonyl (C=O) groups is 1. The van der Waals surface area contributed by atoms with Crippen LogP contribution in [0.5, 0.6) is 0 Å². The molecule has 1 aromatic heterocycles. The van der Waals surface area contributed by atoms with Gasteiger partial charge in [0, 0.05) is 28.1 Å². The molecule has 2 aromatic rings. The Kier molecular flexibility index (Phi) is 3.95. The molecule has 0 radical (unpaired) electrons. The van der Waals surface area contributed by atoms with Crippen LogP contribution >= 0.6 is 15.9 Å². The molecule has 0 aliphatic heterocycles. The maximum Gasteiger partial charge on any atom is 0.505 e. The third-order valence-electron chi connectivity index (χ3n) is 3.09. The summed E-state index contributed by atoms with van der Waals surface area (Å²) in [6.45, 7) is 3.82. The first-order chi connectivity index (χ1) is 9.02. The first-order valence-corrected chi connectivity index (χ1v) is 6.55. The Morgan fingerprint density at radius 1 is 1.58 bits per heavy atom. The van der Waals surface area contributed by atoms with E-state index in [1.807, 2.05) is 35.9 Å². The summed E-state index contributed by atoms with van der Waals surface area (Å²) in [7, 11) is 1.95. The molecule has 19 heavy (non-hydrogen) atoms. The number of aromatic nitrogens is 1. The number of fused-ring (bicyclic) bond motifs is 1. The maximum atomic E-state index is 10.5. The number of carboxylic acid groups (broad SMARTS) is 1. The van der Waals surface area contributed by atoms with Gasteiger partial charge in [0.2, 0.25) is 0 Å². The summed E-state index contributed by atoms with van der Waals surface area (Å²) >= 11 is 3.44. The number of nitrogens with zero attached hydrogens (tertiary/aromatic N) is 1. The highest BCUT2D eigenvalue weighted by atomic mass is 79.9. The molecule has 0 amide bonds. The zero-order valence-electron chi connectivity index (χ0n) is 10.5. The molecule has 2 rings (SSSR count). The predicted molar refractivity (Wildman–Crippen MR) is 77.5 cm³/mol. The van der Waals surface area contributed by atoms with Crippen molar-refractivity contribution in [2.24, 2.45) is 7.05 Å². The molecule has 0 saturated carbocycles. The van der Waals surface area contributed by atoms with Gasteiger partial charge in [0.25, 0.3) is 0 Å². The van der Waals surface area contributed by atoms with Crippen LogP contribution in [0.1, 0.15) is 11.6 Å². The zero-order chi connectivity index (χ0) is 14.0. The van der Waals surface area contributed by atoms with Gasteiger partial charge < -0.3 is 14.4 Å². The SMILES string of the molecule is C=CC(COC(=O)O)c1cc2cc(Br)ccc2n1C. The van der Waals surface area contributed by atoms with Crippen LogP contribution in [0.3, 0.4) is 0 Å². The fraction of sp³-hybridized carbons (Fsp3) is 0.214. The van der Waals surface area contributed by atoms with Crippen molar-refractivity contribution >= 4 is 33.0 Å². The van der Waals surface area contributed by atoms with Crippen LogP contribution in [0.2, 0.25) is 0 Å². The van der Waals surface area contributed by atoms with E-state index in [2.05, 4.69) is 27.2 Å². The second-order valence-corrected chi connectivity index (χ2v) is 5.17. The number of hydrogen-bond donors (Lipinski definition) is 1. The number of hydrogen-bond acceptors (Lipinski definition) is 2. The molecule has 0 saturated heterocycles. The molecule has 1 aromatic carbocycles. The predicted octanol–water partition coefficient (Wildman–Crippen LogP) is 3.91. The number of ether oxygens (including phenoxy) is 1. The van der Waals surface area contributed by atoms with Gasteiger partial charge in [-0.2, -0.15) is 0 Å². The first-order valence-electron chi connectivity index (χ1n) is 5.76. The number of rotatable bonds is 4. The van der Waals surface area contributed by atoms with Crippen molar-refractivity contribution in [3.63, 3.8) is 0 Å². The van der Waals surface area contributed by atoms with Crippen molar-refractivity contribution in [1.82, 2.24) is 4.57 Å². The molecule has 1 N–H and O–H groups in total. The lowest BCUT2D eigenvalue weighted by atomic mass is 10.1. The molecule has 1 unspecified atom stereocenters. The van der Waals surface area contributed by atoms with Crippen molar-refractivity contribution in [2.45, 2.75) is 5.92 Å². The van der Waals surface area contributed by atoms with Crippen LogP contribution in [-0.2, 0) is 11.8 Å². The van der Waals surface area contributed by atoms with E-state index in [0.29, 0.717) is 0 Å². The van der Waals surface area contributed by atoms with Gasteiger partial charge in [-0.1, -0.05) is 22.0 Å². The van der Waals surface area contributed by atoms with Gasteiger partial charge in [0.05, 0.1) is 5.92 Å². The minimum absolute atomic E-state index is 0.0736. The standard InChI is InChI=1S/C14H14BrNO3/c1-3-9(8-19-14(17)18)13-7-10-6-11(15)4-5-12(10)16(13)2/h3-7,9H,1,8H2,2H3,(H,17,18). The highest BCUT2D eigenvalue weighted by Crippen LogP contribution is 2.27. The van der Waals surface area contributed by atoms with E-state index in [1.54, 1.807) is 6.08 Å². The number of halogens is 1. The average molecular weight is 324 g/mol. The summed E-state index contributed by atoms with van der Waals surface area (Å²) in [5.74, 6) is -0.160. The Morgan fingerprint density at radius 3 is 2.95 bits per heavy atom. The topological polar surface area (TPSA) is 51.5 Å². The van der Waals surface area contributed by atoms with Gasteiger partial charge in [-0.3, -0.25) is 0 Å². The van der Waals surface area contributed by atoms with E-state index in [0.717, 1.165) is 21.1 Å². The third kappa shape index (κ3) is 2.81. The Balaban J connectivity index is 2.39. The second-order valence-electron chi connectivity index (χ2n) is 4.25. The molecular formula is C14H14BrNO3. The first kappa shape index (κ1) is 13.7. The van der Waals surface area contributed by atoms with Crippen LogP contribution < -0.4 is 0 Å². The van der Waals surface area contributed by atoms with Crippen LogP contribution in [0.25, 0.3) is 10.9 Å². The van der Waals surface area contributed by atoms with Crippen molar-refractivity contribution in [3.8, 4) is 0 Å². The Hall–Kier alpha value is -1.75. The van der Waals surface area contributed by atoms with Gasteiger partial charge in [0.15, 0.2) is 0 Å². The van der Waals surface area contributed by atoms with Crippen molar-refractivity contribution in [2.75, 3.05) is 6.61 Å². The van der Waals surface area contributed by atoms with Gasteiger partial charge in [-0.15, -0.1) is 6.58 Å². The molecule has 4 nitrogen and oxygen atoms in total. The molecule has 1 heterocycles. The minimum atomic E-state index is -1.27. The third-order valence-corrected chi connectivity index (χ3v) is 3.59. The Labute approximate surface area is 119 Å². The highest BCUT2D eigenvalue weighted by Gasteiger charge is 2.16. The lowest BCUT2D eigenvalue weighted by Gasteiger charge is -2.13. The molecule has 1 atom stereocenters. The van der Waals surface area contributed by atoms with E-state index in [-0.39, 0.29) is 12.5 Å². The largest absolute Gasteiger partial charge is 0.505 e. The van der Waals surface area contributed by atoms with E-state index in [4.69, 9.17) is 5.11 Å². The number of aryl methyl sites for hydroxylation is 1. The Bertz CT molecular complexity index is 633. The van der Waals surface area contributed by atoms with Gasteiger partial charge >= 0.3 is 6.16 Å². The summed E-state index contributed by atoms with van der Waals surface area (Å²) in [6.07, 6.45) is 0.431. The van der Waals surface area contributed by atoms with Crippen LogP contribution in [0, 0.1) is 0 Å². The lowest BCUT2D eigenvalue weighted by molar-refractivity contribution is 0.0889. The molecule has 0 spiro atoms. The van der Waals surface area contributed by atoms with Crippen molar-refractivity contribution < 1.29 is 14.6 Å². The molecular weight excluding hydrogens is 310 g/mol. The van der Waals surface area contributed by atoms with E-state index >= 15 is 0 Å². The maximum absolute atomic E-state index is 10.5. The molecule has 5 heteroatoms. The average Bonchev–Trinajstić information content (AvgIpc) is 2.67. The smallest absolute Gasteiger partial charge is 0.450 e. The molecule has 0 bridgehead atoms. The summed E-state index contributed by atoms with van der Waals surface area (Å²) in [5, 5.41) is 9.67. The fourth-order valence-corrected chi connectivity index (χ4v) is 2.51. The number of benzene rings is 1. The van der Waals surface area contributed by atoms with E-state index in [1.165, 1.54) is 0 Å². The van der Waals surface area contributed by atoms with Crippen LogP contribution in [0.15, 0.2) is 41.4 Å². The second kappa shape index (κ2) is 5.48. The van der Waals surface area contributed by atoms with Gasteiger partial charge in [-0.25, -0.2) is 4.79 Å². The summed E-state index contributed by atoms with van der Waals surface area (Å²) in [6, 6.07) is 8.04. The fourth-order valence-electron chi connectivity index (χ4n) is 2.13. The lowest BCUT2D eigenvalue weighted by Crippen LogP contribution is -2.12. The normalized spacial score (nSPS) is 12.3.